The van der Waals surface area contributed by atoms with Crippen molar-refractivity contribution in [1.29, 1.82) is 0 Å². The number of thiophene rings is 1. The SMILES string of the molecule is COc1ccc2c(Cl)c(C(=O)Nc3ccc(S(=O)(=O)Nc4c(C)cccc4C)cc3)sc2c1. The summed E-state index contributed by atoms with van der Waals surface area (Å²) >= 11 is 7.68. The van der Waals surface area contributed by atoms with E-state index in [-0.39, 0.29) is 10.8 Å². The van der Waals surface area contributed by atoms with Gasteiger partial charge in [-0.2, -0.15) is 0 Å². The summed E-state index contributed by atoms with van der Waals surface area (Å²) in [4.78, 5) is 13.3. The molecular weight excluding hydrogens is 480 g/mol. The number of para-hydroxylation sites is 1. The minimum atomic E-state index is -3.78. The molecule has 4 aromatic rings. The zero-order valence-corrected chi connectivity index (χ0v) is 20.5. The average molecular weight is 501 g/mol. The number of hydrogen-bond donors (Lipinski definition) is 2. The number of halogens is 1. The van der Waals surface area contributed by atoms with Crippen molar-refractivity contribution in [3.05, 3.63) is 81.7 Å². The van der Waals surface area contributed by atoms with E-state index in [2.05, 4.69) is 10.0 Å². The van der Waals surface area contributed by atoms with Gasteiger partial charge < -0.3 is 10.1 Å². The molecule has 0 aliphatic heterocycles. The number of carbonyl (C=O) groups excluding carboxylic acids is 1. The number of fused-ring (bicyclic) bond motifs is 1. The Balaban J connectivity index is 1.53. The summed E-state index contributed by atoms with van der Waals surface area (Å²) in [5.74, 6) is 0.308. The molecule has 33 heavy (non-hydrogen) atoms. The molecule has 1 amide bonds. The topological polar surface area (TPSA) is 84.5 Å². The van der Waals surface area contributed by atoms with Crippen LogP contribution in [0.25, 0.3) is 10.1 Å². The fourth-order valence-corrected chi connectivity index (χ4v) is 6.04. The van der Waals surface area contributed by atoms with Gasteiger partial charge in [-0.1, -0.05) is 29.8 Å². The van der Waals surface area contributed by atoms with Crippen molar-refractivity contribution in [2.24, 2.45) is 0 Å². The molecule has 0 spiro atoms. The van der Waals surface area contributed by atoms with Crippen molar-refractivity contribution in [2.45, 2.75) is 18.7 Å². The zero-order chi connectivity index (χ0) is 23.8. The Labute approximate surface area is 201 Å². The zero-order valence-electron chi connectivity index (χ0n) is 18.1. The van der Waals surface area contributed by atoms with E-state index in [1.165, 1.54) is 23.5 Å². The number of sulfonamides is 1. The predicted octanol–water partition coefficient (Wildman–Crippen LogP) is 6.23. The van der Waals surface area contributed by atoms with Crippen LogP contribution < -0.4 is 14.8 Å². The number of hydrogen-bond acceptors (Lipinski definition) is 5. The van der Waals surface area contributed by atoms with E-state index in [1.807, 2.05) is 44.2 Å². The molecule has 0 saturated heterocycles. The number of aryl methyl sites for hydroxylation is 2. The van der Waals surface area contributed by atoms with Gasteiger partial charge in [-0.15, -0.1) is 11.3 Å². The van der Waals surface area contributed by atoms with Crippen LogP contribution in [0.15, 0.2) is 65.6 Å². The Morgan fingerprint density at radius 3 is 2.30 bits per heavy atom. The molecule has 0 bridgehead atoms. The van der Waals surface area contributed by atoms with E-state index in [4.69, 9.17) is 16.3 Å². The van der Waals surface area contributed by atoms with Crippen LogP contribution in [0, 0.1) is 13.8 Å². The van der Waals surface area contributed by atoms with Crippen LogP contribution in [0.3, 0.4) is 0 Å². The molecule has 3 aromatic carbocycles. The highest BCUT2D eigenvalue weighted by Gasteiger charge is 2.19. The first-order valence-corrected chi connectivity index (χ1v) is 12.6. The monoisotopic (exact) mass is 500 g/mol. The Bertz CT molecular complexity index is 1440. The lowest BCUT2D eigenvalue weighted by Gasteiger charge is -2.13. The van der Waals surface area contributed by atoms with Gasteiger partial charge in [0.15, 0.2) is 0 Å². The van der Waals surface area contributed by atoms with Crippen molar-refractivity contribution in [1.82, 2.24) is 0 Å². The first-order valence-electron chi connectivity index (χ1n) is 9.96. The fourth-order valence-electron chi connectivity index (χ4n) is 3.39. The second-order valence-corrected chi connectivity index (χ2v) is 10.6. The molecule has 1 aromatic heterocycles. The van der Waals surface area contributed by atoms with Gasteiger partial charge in [0.2, 0.25) is 0 Å². The lowest BCUT2D eigenvalue weighted by molar-refractivity contribution is 0.103. The Hall–Kier alpha value is -3.07. The number of amides is 1. The van der Waals surface area contributed by atoms with Gasteiger partial charge in [-0.3, -0.25) is 9.52 Å². The van der Waals surface area contributed by atoms with Crippen LogP contribution in [0.1, 0.15) is 20.8 Å². The fraction of sp³-hybridized carbons (Fsp3) is 0.125. The number of benzene rings is 3. The first kappa shape index (κ1) is 23.1. The van der Waals surface area contributed by atoms with Crippen LogP contribution in [0.2, 0.25) is 5.02 Å². The normalized spacial score (nSPS) is 11.4. The first-order chi connectivity index (χ1) is 15.7. The molecule has 0 atom stereocenters. The third-order valence-corrected chi connectivity index (χ3v) is 8.20. The maximum absolute atomic E-state index is 12.8. The molecule has 0 fully saturated rings. The highest BCUT2D eigenvalue weighted by molar-refractivity contribution is 7.92. The quantitative estimate of drug-likeness (QED) is 0.328. The smallest absolute Gasteiger partial charge is 0.267 e. The van der Waals surface area contributed by atoms with Crippen molar-refractivity contribution >= 4 is 60.3 Å². The van der Waals surface area contributed by atoms with Crippen molar-refractivity contribution in [3.63, 3.8) is 0 Å². The molecule has 0 aliphatic rings. The van der Waals surface area contributed by atoms with E-state index in [1.54, 1.807) is 25.3 Å². The molecule has 0 unspecified atom stereocenters. The number of nitrogens with one attached hydrogen (secondary N) is 2. The molecule has 0 saturated carbocycles. The Kier molecular flexibility index (Phi) is 6.34. The highest BCUT2D eigenvalue weighted by atomic mass is 35.5. The van der Waals surface area contributed by atoms with Gasteiger partial charge in [-0.05, 0) is 67.4 Å². The lowest BCUT2D eigenvalue weighted by Crippen LogP contribution is -2.15. The summed E-state index contributed by atoms with van der Waals surface area (Å²) < 4.78 is 34.4. The summed E-state index contributed by atoms with van der Waals surface area (Å²) in [6, 6.07) is 17.0. The van der Waals surface area contributed by atoms with Crippen LogP contribution in [0.4, 0.5) is 11.4 Å². The maximum atomic E-state index is 12.8. The molecule has 0 radical (unpaired) electrons. The van der Waals surface area contributed by atoms with Crippen molar-refractivity contribution < 1.29 is 17.9 Å². The molecule has 2 N–H and O–H groups in total. The van der Waals surface area contributed by atoms with Crippen molar-refractivity contribution in [2.75, 3.05) is 17.1 Å². The molecule has 9 heteroatoms. The van der Waals surface area contributed by atoms with E-state index in [9.17, 15) is 13.2 Å². The number of anilines is 2. The van der Waals surface area contributed by atoms with Gasteiger partial charge in [0.1, 0.15) is 10.6 Å². The average Bonchev–Trinajstić information content (AvgIpc) is 3.12. The van der Waals surface area contributed by atoms with E-state index < -0.39 is 10.0 Å². The summed E-state index contributed by atoms with van der Waals surface area (Å²) in [6.07, 6.45) is 0. The largest absolute Gasteiger partial charge is 0.497 e. The minimum Gasteiger partial charge on any atom is -0.497 e. The van der Waals surface area contributed by atoms with Gasteiger partial charge in [-0.25, -0.2) is 8.42 Å². The molecule has 1 heterocycles. The van der Waals surface area contributed by atoms with Crippen LogP contribution in [-0.2, 0) is 10.0 Å². The Morgan fingerprint density at radius 2 is 1.67 bits per heavy atom. The molecular formula is C24H21ClN2O4S2. The van der Waals surface area contributed by atoms with Crippen LogP contribution >= 0.6 is 22.9 Å². The predicted molar refractivity (Wildman–Crippen MR) is 135 cm³/mol. The molecule has 4 rings (SSSR count). The van der Waals surface area contributed by atoms with Gasteiger partial charge in [0, 0.05) is 15.8 Å². The molecule has 170 valence electrons. The van der Waals surface area contributed by atoms with Gasteiger partial charge in [0.05, 0.1) is 22.7 Å². The minimum absolute atomic E-state index is 0.0927. The van der Waals surface area contributed by atoms with Gasteiger partial charge >= 0.3 is 0 Å². The summed E-state index contributed by atoms with van der Waals surface area (Å²) in [6.45, 7) is 3.69. The molecule has 6 nitrogen and oxygen atoms in total. The lowest BCUT2D eigenvalue weighted by atomic mass is 10.1. The number of ether oxygens (including phenoxy) is 1. The van der Waals surface area contributed by atoms with E-state index in [0.29, 0.717) is 27.0 Å². The Morgan fingerprint density at radius 1 is 1.00 bits per heavy atom. The highest BCUT2D eigenvalue weighted by Crippen LogP contribution is 2.37. The third-order valence-electron chi connectivity index (χ3n) is 5.18. The van der Waals surface area contributed by atoms with E-state index >= 15 is 0 Å². The van der Waals surface area contributed by atoms with Gasteiger partial charge in [0.25, 0.3) is 15.9 Å². The standard InChI is InChI=1S/C24H21ClN2O4S2/c1-14-5-4-6-15(2)22(14)27-33(29,30)18-10-7-16(8-11-18)26-24(28)23-21(25)19-12-9-17(31-3)13-20(19)32-23/h4-13,27H,1-3H3,(H,26,28). The summed E-state index contributed by atoms with van der Waals surface area (Å²) in [5, 5.41) is 3.91. The van der Waals surface area contributed by atoms with Crippen LogP contribution in [-0.4, -0.2) is 21.4 Å². The molecule has 0 aliphatic carbocycles. The third kappa shape index (κ3) is 4.68. The van der Waals surface area contributed by atoms with E-state index in [0.717, 1.165) is 21.2 Å². The maximum Gasteiger partial charge on any atom is 0.267 e. The van der Waals surface area contributed by atoms with Crippen molar-refractivity contribution in [3.8, 4) is 5.75 Å². The second-order valence-electron chi connectivity index (χ2n) is 7.46. The number of carbonyl (C=O) groups is 1. The number of methoxy groups -OCH3 is 1. The second kappa shape index (κ2) is 9.05. The van der Waals surface area contributed by atoms with Crippen LogP contribution in [0.5, 0.6) is 5.75 Å². The summed E-state index contributed by atoms with van der Waals surface area (Å²) in [5.41, 5.74) is 2.68. The summed E-state index contributed by atoms with van der Waals surface area (Å²) in [7, 11) is -2.21. The number of rotatable bonds is 6.